The Morgan fingerprint density at radius 3 is 1.14 bits per heavy atom. The third-order valence-corrected chi connectivity index (χ3v) is 6.68. The second kappa shape index (κ2) is 8.02. The molecule has 3 aromatic rings. The Kier molecular flexibility index (Phi) is 5.84. The zero-order valence-electron chi connectivity index (χ0n) is 15.1. The third kappa shape index (κ3) is 4.87. The molecule has 0 aliphatic rings. The number of halogens is 6. The molecule has 3 rings (SSSR count). The van der Waals surface area contributed by atoms with Crippen LogP contribution in [-0.2, 0) is 12.4 Å². The molecule has 8 heteroatoms. The second-order valence-corrected chi connectivity index (χ2v) is 8.34. The Balaban J connectivity index is 2.06. The highest BCUT2D eigenvalue weighted by Gasteiger charge is 2.31. The van der Waals surface area contributed by atoms with E-state index in [9.17, 15) is 26.3 Å². The van der Waals surface area contributed by atoms with Crippen LogP contribution in [-0.4, -0.2) is 7.11 Å². The van der Waals surface area contributed by atoms with Gasteiger partial charge in [0.05, 0.1) is 18.2 Å². The number of benzene rings is 3. The van der Waals surface area contributed by atoms with E-state index in [4.69, 9.17) is 4.74 Å². The Morgan fingerprint density at radius 1 is 0.552 bits per heavy atom. The van der Waals surface area contributed by atoms with E-state index in [-0.39, 0.29) is 0 Å². The number of hydrogen-bond acceptors (Lipinski definition) is 1. The van der Waals surface area contributed by atoms with Gasteiger partial charge < -0.3 is 4.74 Å². The SMILES string of the molecule is COc1ccc([SH](c2ccc(C(F)(F)F)cc2)c2ccc(C(F)(F)F)cc2)cc1. The summed E-state index contributed by atoms with van der Waals surface area (Å²) in [7, 11) is 0.153. The first-order valence-electron chi connectivity index (χ1n) is 8.38. The van der Waals surface area contributed by atoms with Crippen LogP contribution in [0.1, 0.15) is 11.1 Å². The van der Waals surface area contributed by atoms with E-state index in [0.717, 1.165) is 29.2 Å². The highest BCUT2D eigenvalue weighted by atomic mass is 32.2. The van der Waals surface area contributed by atoms with Crippen LogP contribution in [0.4, 0.5) is 26.3 Å². The van der Waals surface area contributed by atoms with Gasteiger partial charge in [0.15, 0.2) is 0 Å². The molecule has 0 amide bonds. The monoisotopic (exact) mass is 430 g/mol. The highest BCUT2D eigenvalue weighted by molar-refractivity contribution is 8.17. The summed E-state index contributed by atoms with van der Waals surface area (Å²) in [6, 6.07) is 16.4. The lowest BCUT2D eigenvalue weighted by Crippen LogP contribution is -2.05. The standard InChI is InChI=1S/C21H16F6OS/c1-28-16-6-12-19(13-7-16)29(17-8-2-14(3-9-17)20(22,23)24)18-10-4-15(5-11-18)21(25,26)27/h2-13,29H,1H3. The lowest BCUT2D eigenvalue weighted by Gasteiger charge is -2.24. The number of hydrogen-bond donors (Lipinski definition) is 1. The quantitative estimate of drug-likeness (QED) is 0.340. The van der Waals surface area contributed by atoms with Gasteiger partial charge in [-0.3, -0.25) is 0 Å². The maximum atomic E-state index is 12.9. The lowest BCUT2D eigenvalue weighted by molar-refractivity contribution is -0.138. The molecule has 3 aromatic carbocycles. The number of methoxy groups -OCH3 is 1. The molecule has 0 N–H and O–H groups in total. The van der Waals surface area contributed by atoms with Crippen molar-refractivity contribution < 1.29 is 31.1 Å². The second-order valence-electron chi connectivity index (χ2n) is 6.12. The van der Waals surface area contributed by atoms with Crippen molar-refractivity contribution in [3.8, 4) is 5.75 Å². The molecule has 0 saturated carbocycles. The van der Waals surface area contributed by atoms with Crippen LogP contribution < -0.4 is 4.74 Å². The van der Waals surface area contributed by atoms with E-state index in [1.807, 2.05) is 0 Å². The molecule has 0 spiro atoms. The molecule has 0 fully saturated rings. The van der Waals surface area contributed by atoms with Crippen molar-refractivity contribution in [2.75, 3.05) is 7.11 Å². The number of ether oxygens (including phenoxy) is 1. The van der Waals surface area contributed by atoms with Crippen LogP contribution in [0.5, 0.6) is 5.75 Å². The summed E-state index contributed by atoms with van der Waals surface area (Å²) in [5.74, 6) is 0.600. The molecule has 0 heterocycles. The van der Waals surface area contributed by atoms with Gasteiger partial charge in [0.25, 0.3) is 0 Å². The summed E-state index contributed by atoms with van der Waals surface area (Å²) in [5, 5.41) is 0. The summed E-state index contributed by atoms with van der Waals surface area (Å²) < 4.78 is 82.5. The first-order valence-corrected chi connectivity index (χ1v) is 9.72. The predicted octanol–water partition coefficient (Wildman–Crippen LogP) is 7.21. The van der Waals surface area contributed by atoms with E-state index in [1.165, 1.54) is 31.4 Å². The molecule has 0 bridgehead atoms. The summed E-state index contributed by atoms with van der Waals surface area (Å²) >= 11 is 0. The summed E-state index contributed by atoms with van der Waals surface area (Å²) in [6.07, 6.45) is -8.93. The molecule has 0 saturated heterocycles. The predicted molar refractivity (Wildman–Crippen MR) is 99.7 cm³/mol. The van der Waals surface area contributed by atoms with Crippen molar-refractivity contribution in [2.45, 2.75) is 27.0 Å². The molecule has 29 heavy (non-hydrogen) atoms. The van der Waals surface area contributed by atoms with E-state index in [1.54, 1.807) is 24.3 Å². The summed E-state index contributed by atoms with van der Waals surface area (Å²) in [5.41, 5.74) is -1.56. The zero-order valence-corrected chi connectivity index (χ0v) is 15.9. The number of rotatable bonds is 4. The average molecular weight is 430 g/mol. The van der Waals surface area contributed by atoms with Gasteiger partial charge in [-0.1, -0.05) is 0 Å². The Hall–Kier alpha value is -2.61. The van der Waals surface area contributed by atoms with Crippen molar-refractivity contribution >= 4 is 10.9 Å². The maximum absolute atomic E-state index is 12.9. The van der Waals surface area contributed by atoms with E-state index in [0.29, 0.717) is 15.5 Å². The van der Waals surface area contributed by atoms with Crippen LogP contribution in [0.2, 0.25) is 0 Å². The Labute approximate surface area is 166 Å². The highest BCUT2D eigenvalue weighted by Crippen LogP contribution is 2.52. The molecule has 1 nitrogen and oxygen atoms in total. The van der Waals surface area contributed by atoms with Gasteiger partial charge >= 0.3 is 12.4 Å². The van der Waals surface area contributed by atoms with E-state index in [2.05, 4.69) is 0 Å². The van der Waals surface area contributed by atoms with Gasteiger partial charge in [-0.25, -0.2) is 0 Å². The van der Waals surface area contributed by atoms with Crippen LogP contribution >= 0.6 is 10.9 Å². The topological polar surface area (TPSA) is 9.23 Å². The lowest BCUT2D eigenvalue weighted by atomic mass is 10.2. The van der Waals surface area contributed by atoms with Crippen molar-refractivity contribution in [2.24, 2.45) is 0 Å². The molecule has 154 valence electrons. The Morgan fingerprint density at radius 2 is 0.862 bits per heavy atom. The van der Waals surface area contributed by atoms with Gasteiger partial charge in [-0.15, -0.1) is 0 Å². The maximum Gasteiger partial charge on any atom is 0.416 e. The van der Waals surface area contributed by atoms with Crippen molar-refractivity contribution in [1.82, 2.24) is 0 Å². The van der Waals surface area contributed by atoms with Gasteiger partial charge in [-0.05, 0) is 87.5 Å². The van der Waals surface area contributed by atoms with Gasteiger partial charge in [0.1, 0.15) is 5.75 Å². The average Bonchev–Trinajstić information content (AvgIpc) is 2.68. The molecule has 0 radical (unpaired) electrons. The van der Waals surface area contributed by atoms with Crippen LogP contribution in [0.3, 0.4) is 0 Å². The minimum Gasteiger partial charge on any atom is -0.497 e. The minimum absolute atomic E-state index is 0.595. The normalized spacial score (nSPS) is 12.6. The molecular formula is C21H16F6OS. The van der Waals surface area contributed by atoms with Crippen molar-refractivity contribution in [3.63, 3.8) is 0 Å². The minimum atomic E-state index is -4.46. The van der Waals surface area contributed by atoms with Crippen molar-refractivity contribution in [1.29, 1.82) is 0 Å². The van der Waals surface area contributed by atoms with Gasteiger partial charge in [0, 0.05) is 0 Å². The van der Waals surface area contributed by atoms with Crippen LogP contribution in [0, 0.1) is 0 Å². The van der Waals surface area contributed by atoms with Gasteiger partial charge in [-0.2, -0.15) is 37.2 Å². The smallest absolute Gasteiger partial charge is 0.416 e. The first-order chi connectivity index (χ1) is 13.6. The molecule has 0 aromatic heterocycles. The molecular weight excluding hydrogens is 414 g/mol. The van der Waals surface area contributed by atoms with E-state index >= 15 is 0 Å². The fourth-order valence-corrected chi connectivity index (χ4v) is 5.01. The van der Waals surface area contributed by atoms with E-state index < -0.39 is 34.4 Å². The first kappa shape index (κ1) is 21.1. The number of thiol groups is 1. The van der Waals surface area contributed by atoms with Crippen LogP contribution in [0.15, 0.2) is 87.5 Å². The number of alkyl halides is 6. The summed E-state index contributed by atoms with van der Waals surface area (Å²) in [4.78, 5) is 1.97. The third-order valence-electron chi connectivity index (χ3n) is 4.24. The van der Waals surface area contributed by atoms with Crippen molar-refractivity contribution in [3.05, 3.63) is 83.9 Å². The zero-order chi connectivity index (χ0) is 21.2. The largest absolute Gasteiger partial charge is 0.497 e. The molecule has 0 aliphatic heterocycles. The molecule has 0 aliphatic carbocycles. The fraction of sp³-hybridized carbons (Fsp3) is 0.143. The molecule has 0 unspecified atom stereocenters. The van der Waals surface area contributed by atoms with Gasteiger partial charge in [0.2, 0.25) is 0 Å². The summed E-state index contributed by atoms with van der Waals surface area (Å²) in [6.45, 7) is 0. The fourth-order valence-electron chi connectivity index (χ4n) is 2.78. The van der Waals surface area contributed by atoms with Crippen LogP contribution in [0.25, 0.3) is 0 Å². The molecule has 0 atom stereocenters. The Bertz CT molecular complexity index is 887.